The summed E-state index contributed by atoms with van der Waals surface area (Å²) in [6, 6.07) is 5.15. The summed E-state index contributed by atoms with van der Waals surface area (Å²) in [5, 5.41) is 18.5. The van der Waals surface area contributed by atoms with Gasteiger partial charge in [0, 0.05) is 5.56 Å². The Balaban J connectivity index is 3.07. The zero-order valence-electron chi connectivity index (χ0n) is 7.75. The molecular formula is C11H14O2. The Labute approximate surface area is 78.2 Å². The Hall–Kier alpha value is -1.28. The molecule has 0 heterocycles. The molecule has 0 unspecified atom stereocenters. The molecule has 1 rings (SSSR count). The van der Waals surface area contributed by atoms with Gasteiger partial charge >= 0.3 is 0 Å². The molecule has 2 nitrogen and oxygen atoms in total. The number of hydrogen-bond acceptors (Lipinski definition) is 2. The highest BCUT2D eigenvalue weighted by atomic mass is 16.3. The molecule has 0 fully saturated rings. The lowest BCUT2D eigenvalue weighted by atomic mass is 10.0. The molecule has 2 N–H and O–H groups in total. The Kier molecular flexibility index (Phi) is 3.09. The molecule has 0 saturated heterocycles. The van der Waals surface area contributed by atoms with E-state index in [-0.39, 0.29) is 12.4 Å². The molecule has 1 aromatic carbocycles. The minimum absolute atomic E-state index is 0.0446. The average Bonchev–Trinajstić information content (AvgIpc) is 2.08. The van der Waals surface area contributed by atoms with Gasteiger partial charge in [0.2, 0.25) is 0 Å². The lowest BCUT2D eigenvalue weighted by Crippen LogP contribution is -1.95. The van der Waals surface area contributed by atoms with Crippen LogP contribution in [0.1, 0.15) is 18.1 Å². The molecule has 0 saturated carbocycles. The molecule has 0 amide bonds. The second-order valence-electron chi connectivity index (χ2n) is 3.21. The van der Waals surface area contributed by atoms with E-state index in [0.717, 1.165) is 16.7 Å². The van der Waals surface area contributed by atoms with Gasteiger partial charge in [0.15, 0.2) is 0 Å². The molecule has 0 aliphatic heterocycles. The summed E-state index contributed by atoms with van der Waals surface area (Å²) in [5.74, 6) is 0.231. The summed E-state index contributed by atoms with van der Waals surface area (Å²) in [6.07, 6.45) is 0.614. The summed E-state index contributed by atoms with van der Waals surface area (Å²) >= 11 is 0. The zero-order valence-corrected chi connectivity index (χ0v) is 7.75. The molecular weight excluding hydrogens is 164 g/mol. The number of rotatable bonds is 3. The molecule has 1 aromatic rings. The Morgan fingerprint density at radius 3 is 2.69 bits per heavy atom. The minimum Gasteiger partial charge on any atom is -0.508 e. The number of hydrogen-bond donors (Lipinski definition) is 2. The van der Waals surface area contributed by atoms with Crippen LogP contribution in [0.3, 0.4) is 0 Å². The van der Waals surface area contributed by atoms with Gasteiger partial charge in [-0.2, -0.15) is 0 Å². The van der Waals surface area contributed by atoms with Crippen LogP contribution in [0, 0.1) is 0 Å². The van der Waals surface area contributed by atoms with E-state index in [2.05, 4.69) is 6.58 Å². The maximum Gasteiger partial charge on any atom is 0.119 e. The topological polar surface area (TPSA) is 40.5 Å². The van der Waals surface area contributed by atoms with E-state index in [9.17, 15) is 5.11 Å². The predicted molar refractivity (Wildman–Crippen MR) is 52.5 cm³/mol. The molecule has 0 atom stereocenters. The van der Waals surface area contributed by atoms with Gasteiger partial charge in [0.1, 0.15) is 5.75 Å². The van der Waals surface area contributed by atoms with Crippen LogP contribution >= 0.6 is 0 Å². The van der Waals surface area contributed by atoms with Crippen molar-refractivity contribution in [3.05, 3.63) is 41.5 Å². The van der Waals surface area contributed by atoms with Crippen molar-refractivity contribution in [2.24, 2.45) is 0 Å². The van der Waals surface area contributed by atoms with Gasteiger partial charge in [0.05, 0.1) is 6.61 Å². The first-order valence-corrected chi connectivity index (χ1v) is 4.20. The van der Waals surface area contributed by atoms with E-state index in [0.29, 0.717) is 6.42 Å². The van der Waals surface area contributed by atoms with Gasteiger partial charge in [-0.1, -0.05) is 24.3 Å². The second-order valence-corrected chi connectivity index (χ2v) is 3.21. The number of phenols is 1. The molecule has 70 valence electrons. The van der Waals surface area contributed by atoms with Crippen LogP contribution in [-0.4, -0.2) is 10.2 Å². The first kappa shape index (κ1) is 9.81. The highest BCUT2D eigenvalue weighted by molar-refractivity contribution is 5.41. The molecule has 13 heavy (non-hydrogen) atoms. The fourth-order valence-corrected chi connectivity index (χ4v) is 1.28. The van der Waals surface area contributed by atoms with Gasteiger partial charge in [-0.15, -0.1) is 0 Å². The van der Waals surface area contributed by atoms with E-state index in [1.807, 2.05) is 6.92 Å². The quantitative estimate of drug-likeness (QED) is 0.695. The minimum atomic E-state index is -0.0446. The monoisotopic (exact) mass is 178 g/mol. The molecule has 0 aromatic heterocycles. The third-order valence-corrected chi connectivity index (χ3v) is 1.90. The predicted octanol–water partition coefficient (Wildman–Crippen LogP) is 2.00. The Morgan fingerprint density at radius 1 is 1.46 bits per heavy atom. The number of aromatic hydroxyl groups is 1. The van der Waals surface area contributed by atoms with Gasteiger partial charge in [0.25, 0.3) is 0 Å². The SMILES string of the molecule is C=C(C)Cc1c(O)cccc1CO. The van der Waals surface area contributed by atoms with E-state index < -0.39 is 0 Å². The van der Waals surface area contributed by atoms with Crippen LogP contribution in [0.25, 0.3) is 0 Å². The van der Waals surface area contributed by atoms with Crippen molar-refractivity contribution in [1.29, 1.82) is 0 Å². The van der Waals surface area contributed by atoms with Crippen LogP contribution in [0.15, 0.2) is 30.4 Å². The summed E-state index contributed by atoms with van der Waals surface area (Å²) in [7, 11) is 0. The maximum absolute atomic E-state index is 9.52. The number of aliphatic hydroxyl groups excluding tert-OH is 1. The second kappa shape index (κ2) is 4.10. The van der Waals surface area contributed by atoms with Crippen LogP contribution < -0.4 is 0 Å². The third-order valence-electron chi connectivity index (χ3n) is 1.90. The molecule has 0 radical (unpaired) electrons. The van der Waals surface area contributed by atoms with Crippen molar-refractivity contribution in [3.63, 3.8) is 0 Å². The third kappa shape index (κ3) is 2.33. The van der Waals surface area contributed by atoms with Crippen molar-refractivity contribution in [3.8, 4) is 5.75 Å². The van der Waals surface area contributed by atoms with Gasteiger partial charge in [-0.05, 0) is 25.0 Å². The average molecular weight is 178 g/mol. The summed E-state index contributed by atoms with van der Waals surface area (Å²) in [5.41, 5.74) is 2.51. The molecule has 0 bridgehead atoms. The van der Waals surface area contributed by atoms with Crippen molar-refractivity contribution < 1.29 is 10.2 Å². The van der Waals surface area contributed by atoms with E-state index >= 15 is 0 Å². The van der Waals surface area contributed by atoms with Crippen LogP contribution in [0.4, 0.5) is 0 Å². The van der Waals surface area contributed by atoms with Gasteiger partial charge < -0.3 is 10.2 Å². The number of aliphatic hydroxyl groups is 1. The van der Waals surface area contributed by atoms with Gasteiger partial charge in [-0.3, -0.25) is 0 Å². The van der Waals surface area contributed by atoms with Crippen LogP contribution in [0.2, 0.25) is 0 Å². The highest BCUT2D eigenvalue weighted by Crippen LogP contribution is 2.23. The Morgan fingerprint density at radius 2 is 2.15 bits per heavy atom. The van der Waals surface area contributed by atoms with Crippen molar-refractivity contribution in [1.82, 2.24) is 0 Å². The summed E-state index contributed by atoms with van der Waals surface area (Å²) in [4.78, 5) is 0. The normalized spacial score (nSPS) is 10.0. The highest BCUT2D eigenvalue weighted by Gasteiger charge is 2.06. The first-order valence-electron chi connectivity index (χ1n) is 4.20. The lowest BCUT2D eigenvalue weighted by molar-refractivity contribution is 0.280. The van der Waals surface area contributed by atoms with Crippen molar-refractivity contribution in [2.45, 2.75) is 20.0 Å². The standard InChI is InChI=1S/C11H14O2/c1-8(2)6-10-9(7-12)4-3-5-11(10)13/h3-5,12-13H,1,6-7H2,2H3. The van der Waals surface area contributed by atoms with Gasteiger partial charge in [-0.25, -0.2) is 0 Å². The molecule has 2 heteroatoms. The fourth-order valence-electron chi connectivity index (χ4n) is 1.28. The van der Waals surface area contributed by atoms with Crippen LogP contribution in [-0.2, 0) is 13.0 Å². The van der Waals surface area contributed by atoms with E-state index in [1.165, 1.54) is 0 Å². The summed E-state index contributed by atoms with van der Waals surface area (Å²) in [6.45, 7) is 5.63. The maximum atomic E-state index is 9.52. The van der Waals surface area contributed by atoms with Crippen molar-refractivity contribution in [2.75, 3.05) is 0 Å². The van der Waals surface area contributed by atoms with E-state index in [1.54, 1.807) is 18.2 Å². The van der Waals surface area contributed by atoms with E-state index in [4.69, 9.17) is 5.11 Å². The largest absolute Gasteiger partial charge is 0.508 e. The molecule has 0 aliphatic rings. The number of phenolic OH excluding ortho intramolecular Hbond substituents is 1. The first-order chi connectivity index (χ1) is 6.15. The molecule has 0 spiro atoms. The van der Waals surface area contributed by atoms with Crippen LogP contribution in [0.5, 0.6) is 5.75 Å². The number of benzene rings is 1. The zero-order chi connectivity index (χ0) is 9.84. The summed E-state index contributed by atoms with van der Waals surface area (Å²) < 4.78 is 0. The Bertz CT molecular complexity index is 316. The molecule has 0 aliphatic carbocycles. The fraction of sp³-hybridized carbons (Fsp3) is 0.273. The lowest BCUT2D eigenvalue weighted by Gasteiger charge is -2.08. The number of allylic oxidation sites excluding steroid dienone is 1. The van der Waals surface area contributed by atoms with Crippen molar-refractivity contribution >= 4 is 0 Å². The smallest absolute Gasteiger partial charge is 0.119 e.